The van der Waals surface area contributed by atoms with E-state index in [-0.39, 0.29) is 0 Å². The Balaban J connectivity index is 2.26. The van der Waals surface area contributed by atoms with Crippen LogP contribution in [-0.2, 0) is 0 Å². The minimum Gasteiger partial charge on any atom is -0.594 e. The minimum atomic E-state index is 0.422. The quantitative estimate of drug-likeness (QED) is 0.303. The number of nitrogens with zero attached hydrogens (tertiary/aromatic N) is 2. The van der Waals surface area contributed by atoms with Crippen molar-refractivity contribution in [3.05, 3.63) is 72.9 Å². The van der Waals surface area contributed by atoms with Crippen molar-refractivity contribution in [3.8, 4) is 0 Å². The molecule has 102 valence electrons. The maximum Gasteiger partial charge on any atom is 0.273 e. The van der Waals surface area contributed by atoms with Crippen LogP contribution in [0.25, 0.3) is 6.08 Å². The van der Waals surface area contributed by atoms with Crippen LogP contribution >= 0.6 is 47.8 Å². The Bertz CT molecular complexity index is 646. The van der Waals surface area contributed by atoms with Crippen molar-refractivity contribution >= 4 is 59.6 Å². The third-order valence-corrected chi connectivity index (χ3v) is 4.08. The Morgan fingerprint density at radius 1 is 1.00 bits per heavy atom. The Morgan fingerprint density at radius 3 is 2.20 bits per heavy atom. The van der Waals surface area contributed by atoms with Gasteiger partial charge in [-0.25, -0.2) is 0 Å². The van der Waals surface area contributed by atoms with Crippen molar-refractivity contribution in [1.29, 1.82) is 0 Å². The highest BCUT2D eigenvalue weighted by atomic mass is 79.9. The van der Waals surface area contributed by atoms with Gasteiger partial charge in [-0.05, 0) is 60.5 Å². The summed E-state index contributed by atoms with van der Waals surface area (Å²) in [7, 11) is 0. The van der Waals surface area contributed by atoms with Gasteiger partial charge >= 0.3 is 0 Å². The van der Waals surface area contributed by atoms with E-state index in [2.05, 4.69) is 52.9 Å². The molecule has 0 spiro atoms. The molecular formula is C14H9Br3N2O. The van der Waals surface area contributed by atoms with E-state index in [1.807, 2.05) is 30.3 Å². The van der Waals surface area contributed by atoms with Crippen molar-refractivity contribution in [3.63, 3.8) is 0 Å². The second-order valence-corrected chi connectivity index (χ2v) is 6.46. The summed E-state index contributed by atoms with van der Waals surface area (Å²) in [5.41, 5.74) is 1.41. The molecule has 0 N–H and O–H groups in total. The smallest absolute Gasteiger partial charge is 0.273 e. The molecule has 0 heterocycles. The van der Waals surface area contributed by atoms with Crippen molar-refractivity contribution in [1.82, 2.24) is 0 Å². The summed E-state index contributed by atoms with van der Waals surface area (Å²) in [6.07, 6.45) is 3.24. The zero-order valence-corrected chi connectivity index (χ0v) is 14.9. The lowest BCUT2D eigenvalue weighted by Crippen LogP contribution is -1.93. The monoisotopic (exact) mass is 458 g/mol. The van der Waals surface area contributed by atoms with E-state index in [0.717, 1.165) is 10.0 Å². The first-order valence-electron chi connectivity index (χ1n) is 5.62. The van der Waals surface area contributed by atoms with Gasteiger partial charge in [0.2, 0.25) is 0 Å². The predicted molar refractivity (Wildman–Crippen MR) is 90.7 cm³/mol. The van der Waals surface area contributed by atoms with E-state index < -0.39 is 0 Å². The van der Waals surface area contributed by atoms with Gasteiger partial charge in [0, 0.05) is 9.59 Å². The lowest BCUT2D eigenvalue weighted by Gasteiger charge is -2.04. The molecule has 0 atom stereocenters. The Hall–Kier alpha value is -0.980. The van der Waals surface area contributed by atoms with Crippen LogP contribution in [0.4, 0.5) is 5.69 Å². The van der Waals surface area contributed by atoms with Crippen molar-refractivity contribution < 1.29 is 4.86 Å². The van der Waals surface area contributed by atoms with E-state index in [0.29, 0.717) is 19.5 Å². The highest BCUT2D eigenvalue weighted by Gasteiger charge is 2.15. The highest BCUT2D eigenvalue weighted by Crippen LogP contribution is 2.36. The average molecular weight is 461 g/mol. The first kappa shape index (κ1) is 15.4. The van der Waals surface area contributed by atoms with Crippen molar-refractivity contribution in [2.75, 3.05) is 0 Å². The lowest BCUT2D eigenvalue weighted by molar-refractivity contribution is -0.438. The molecule has 0 amide bonds. The first-order chi connectivity index (χ1) is 9.58. The first-order valence-corrected chi connectivity index (χ1v) is 8.00. The molecule has 0 aliphatic heterocycles. The molecular weight excluding hydrogens is 452 g/mol. The number of hydrogen-bond donors (Lipinski definition) is 0. The molecule has 6 heteroatoms. The van der Waals surface area contributed by atoms with Crippen LogP contribution in [0.2, 0.25) is 0 Å². The topological polar surface area (TPSA) is 38.4 Å². The number of halogens is 3. The fourth-order valence-corrected chi connectivity index (χ4v) is 4.08. The van der Waals surface area contributed by atoms with E-state index in [1.165, 1.54) is 6.20 Å². The molecule has 0 radical (unpaired) electrons. The Morgan fingerprint density at radius 2 is 1.60 bits per heavy atom. The third kappa shape index (κ3) is 4.01. The van der Waals surface area contributed by atoms with Crippen LogP contribution in [0.1, 0.15) is 5.56 Å². The van der Waals surface area contributed by atoms with Gasteiger partial charge in [-0.2, -0.15) is 0 Å². The fourth-order valence-electron chi connectivity index (χ4n) is 1.52. The normalized spacial score (nSPS) is 12.1. The average Bonchev–Trinajstić information content (AvgIpc) is 2.38. The Labute approximate surface area is 142 Å². The third-order valence-electron chi connectivity index (χ3n) is 2.41. The molecule has 2 aromatic carbocycles. The van der Waals surface area contributed by atoms with Crippen LogP contribution in [-0.4, -0.2) is 4.86 Å². The largest absolute Gasteiger partial charge is 0.594 e. The predicted octanol–water partition coefficient (Wildman–Crippen LogP) is 6.24. The number of benzene rings is 2. The van der Waals surface area contributed by atoms with E-state index in [1.54, 1.807) is 18.2 Å². The van der Waals surface area contributed by atoms with Gasteiger partial charge in [0.15, 0.2) is 0 Å². The molecule has 2 aromatic rings. The molecule has 0 saturated heterocycles. The van der Waals surface area contributed by atoms with Crippen LogP contribution < -0.4 is 0 Å². The summed E-state index contributed by atoms with van der Waals surface area (Å²) in [6, 6.07) is 13.2. The summed E-state index contributed by atoms with van der Waals surface area (Å²) < 4.78 is 2.18. The van der Waals surface area contributed by atoms with Crippen LogP contribution in [0.3, 0.4) is 0 Å². The SMILES string of the molecule is [O-][N+](=N/C=C/c1ccccc1)c1c(Br)cc(Br)cc1Br. The zero-order valence-electron chi connectivity index (χ0n) is 10.1. The Kier molecular flexibility index (Phi) is 5.51. The van der Waals surface area contributed by atoms with Crippen molar-refractivity contribution in [2.45, 2.75) is 0 Å². The van der Waals surface area contributed by atoms with Crippen LogP contribution in [0.5, 0.6) is 0 Å². The molecule has 0 bridgehead atoms. The number of azo groups is 1. The summed E-state index contributed by atoms with van der Waals surface area (Å²) >= 11 is 10.1. The minimum absolute atomic E-state index is 0.422. The summed E-state index contributed by atoms with van der Waals surface area (Å²) in [5.74, 6) is 0. The number of hydrogen-bond acceptors (Lipinski definition) is 2. The molecule has 2 rings (SSSR count). The van der Waals surface area contributed by atoms with Gasteiger partial charge in [0.05, 0.1) is 15.1 Å². The van der Waals surface area contributed by atoms with Gasteiger partial charge in [-0.1, -0.05) is 46.3 Å². The molecule has 3 nitrogen and oxygen atoms in total. The molecule has 0 aromatic heterocycles. The maximum atomic E-state index is 12.0. The summed E-state index contributed by atoms with van der Waals surface area (Å²) in [6.45, 7) is 0. The van der Waals surface area contributed by atoms with E-state index in [4.69, 9.17) is 0 Å². The molecule has 0 fully saturated rings. The summed E-state index contributed by atoms with van der Waals surface area (Å²) in [4.78, 5) is 0.569. The molecule has 0 saturated carbocycles. The van der Waals surface area contributed by atoms with Gasteiger partial charge in [0.25, 0.3) is 5.69 Å². The number of rotatable bonds is 3. The zero-order chi connectivity index (χ0) is 14.5. The van der Waals surface area contributed by atoms with Gasteiger partial charge in [-0.15, -0.1) is 0 Å². The second kappa shape index (κ2) is 7.15. The van der Waals surface area contributed by atoms with Gasteiger partial charge in [0.1, 0.15) is 0 Å². The van der Waals surface area contributed by atoms with Crippen LogP contribution in [0, 0.1) is 5.21 Å². The maximum absolute atomic E-state index is 12.0. The van der Waals surface area contributed by atoms with Crippen molar-refractivity contribution in [2.24, 2.45) is 5.11 Å². The lowest BCUT2D eigenvalue weighted by atomic mass is 10.2. The molecule has 0 aliphatic carbocycles. The summed E-state index contributed by atoms with van der Waals surface area (Å²) in [5, 5.41) is 15.9. The van der Waals surface area contributed by atoms with E-state index in [9.17, 15) is 5.21 Å². The highest BCUT2D eigenvalue weighted by molar-refractivity contribution is 9.11. The second-order valence-electron chi connectivity index (χ2n) is 3.83. The van der Waals surface area contributed by atoms with E-state index >= 15 is 0 Å². The van der Waals surface area contributed by atoms with Crippen LogP contribution in [0.15, 0.2) is 67.2 Å². The van der Waals surface area contributed by atoms with Gasteiger partial charge < -0.3 is 5.21 Å². The molecule has 20 heavy (non-hydrogen) atoms. The molecule has 0 aliphatic rings. The van der Waals surface area contributed by atoms with Gasteiger partial charge in [-0.3, -0.25) is 0 Å². The fraction of sp³-hybridized carbons (Fsp3) is 0. The standard InChI is InChI=1S/C14H9Br3N2O/c15-11-8-12(16)14(13(17)9-11)19(20)18-7-6-10-4-2-1-3-5-10/h1-9H/b7-6+,19-18?. The molecule has 0 unspecified atom stereocenters.